The molecule has 1 unspecified atom stereocenters. The maximum Gasteiger partial charge on any atom is 0.269 e. The van der Waals surface area contributed by atoms with Crippen LogP contribution in [0.25, 0.3) is 0 Å². The van der Waals surface area contributed by atoms with Gasteiger partial charge in [0.15, 0.2) is 0 Å². The smallest absolute Gasteiger partial charge is 0.269 e. The average Bonchev–Trinajstić information content (AvgIpc) is 2.90. The predicted octanol–water partition coefficient (Wildman–Crippen LogP) is 2.16. The van der Waals surface area contributed by atoms with Crippen molar-refractivity contribution in [2.45, 2.75) is 5.37 Å². The molecule has 0 radical (unpaired) electrons. The number of anilines is 1. The van der Waals surface area contributed by atoms with Crippen LogP contribution in [0.15, 0.2) is 42.7 Å². The second-order valence-corrected chi connectivity index (χ2v) is 5.39. The highest BCUT2D eigenvalue weighted by atomic mass is 32.2. The number of nitrogens with zero attached hydrogens (tertiary/aromatic N) is 4. The van der Waals surface area contributed by atoms with Crippen LogP contribution in [0, 0.1) is 10.1 Å². The van der Waals surface area contributed by atoms with E-state index < -0.39 is 4.92 Å². The van der Waals surface area contributed by atoms with Gasteiger partial charge >= 0.3 is 0 Å². The lowest BCUT2D eigenvalue weighted by Gasteiger charge is -2.21. The topological polar surface area (TPSA) is 89.2 Å². The summed E-state index contributed by atoms with van der Waals surface area (Å²) in [6.07, 6.45) is 3.15. The third kappa shape index (κ3) is 2.57. The van der Waals surface area contributed by atoms with E-state index in [1.165, 1.54) is 28.8 Å². The average molecular weight is 302 g/mol. The Balaban J connectivity index is 1.93. The summed E-state index contributed by atoms with van der Waals surface area (Å²) < 4.78 is 0. The molecule has 8 heteroatoms. The largest absolute Gasteiger partial charge is 0.273 e. The Morgan fingerprint density at radius 2 is 1.90 bits per heavy atom. The van der Waals surface area contributed by atoms with Crippen molar-refractivity contribution in [2.24, 2.45) is 0 Å². The van der Waals surface area contributed by atoms with Crippen LogP contribution in [0.4, 0.5) is 11.6 Å². The van der Waals surface area contributed by atoms with Crippen molar-refractivity contribution < 1.29 is 9.72 Å². The summed E-state index contributed by atoms with van der Waals surface area (Å²) >= 11 is 1.45. The summed E-state index contributed by atoms with van der Waals surface area (Å²) in [5.74, 6) is 0.602. The molecule has 0 bridgehead atoms. The van der Waals surface area contributed by atoms with Gasteiger partial charge in [-0.25, -0.2) is 9.97 Å². The first kappa shape index (κ1) is 13.5. The van der Waals surface area contributed by atoms with E-state index in [4.69, 9.17) is 0 Å². The Bertz CT molecular complexity index is 678. The van der Waals surface area contributed by atoms with Gasteiger partial charge in [0.2, 0.25) is 11.9 Å². The molecule has 1 fully saturated rings. The summed E-state index contributed by atoms with van der Waals surface area (Å²) in [5, 5.41) is 10.4. The van der Waals surface area contributed by atoms with Gasteiger partial charge in [0.1, 0.15) is 5.37 Å². The quantitative estimate of drug-likeness (QED) is 0.637. The minimum atomic E-state index is -0.450. The van der Waals surface area contributed by atoms with Gasteiger partial charge in [-0.2, -0.15) is 0 Å². The fourth-order valence-electron chi connectivity index (χ4n) is 2.06. The van der Waals surface area contributed by atoms with E-state index in [2.05, 4.69) is 9.97 Å². The molecule has 0 aliphatic carbocycles. The van der Waals surface area contributed by atoms with Gasteiger partial charge < -0.3 is 0 Å². The minimum Gasteiger partial charge on any atom is -0.273 e. The Labute approximate surface area is 124 Å². The van der Waals surface area contributed by atoms with E-state index in [9.17, 15) is 14.9 Å². The molecule has 1 aliphatic rings. The number of aromatic nitrogens is 2. The SMILES string of the molecule is O=C1CSC(c2ccc([N+](=O)[O-])cc2)N1c1ncccn1. The molecule has 106 valence electrons. The predicted molar refractivity (Wildman–Crippen MR) is 77.8 cm³/mol. The van der Waals surface area contributed by atoms with Crippen LogP contribution in [0.3, 0.4) is 0 Å². The normalized spacial score (nSPS) is 18.0. The van der Waals surface area contributed by atoms with E-state index in [1.807, 2.05) is 0 Å². The van der Waals surface area contributed by atoms with Crippen LogP contribution in [0.2, 0.25) is 0 Å². The molecule has 2 aromatic rings. The lowest BCUT2D eigenvalue weighted by molar-refractivity contribution is -0.384. The summed E-state index contributed by atoms with van der Waals surface area (Å²) in [5.41, 5.74) is 0.833. The van der Waals surface area contributed by atoms with Crippen molar-refractivity contribution in [1.82, 2.24) is 9.97 Å². The third-order valence-electron chi connectivity index (χ3n) is 3.02. The zero-order chi connectivity index (χ0) is 14.8. The van der Waals surface area contributed by atoms with E-state index >= 15 is 0 Å². The highest BCUT2D eigenvalue weighted by molar-refractivity contribution is 8.00. The molecule has 0 spiro atoms. The molecule has 1 aromatic carbocycles. The number of nitro groups is 1. The molecule has 1 atom stereocenters. The fourth-order valence-corrected chi connectivity index (χ4v) is 3.21. The summed E-state index contributed by atoms with van der Waals surface area (Å²) in [6.45, 7) is 0. The lowest BCUT2D eigenvalue weighted by Crippen LogP contribution is -2.29. The molecule has 0 saturated carbocycles. The highest BCUT2D eigenvalue weighted by Gasteiger charge is 2.35. The first-order valence-corrected chi connectivity index (χ1v) is 7.17. The molecular formula is C13H10N4O3S. The molecule has 1 saturated heterocycles. The molecule has 21 heavy (non-hydrogen) atoms. The van der Waals surface area contributed by atoms with Gasteiger partial charge in [0.25, 0.3) is 5.69 Å². The fraction of sp³-hybridized carbons (Fsp3) is 0.154. The number of rotatable bonds is 3. The van der Waals surface area contributed by atoms with E-state index in [-0.39, 0.29) is 17.0 Å². The van der Waals surface area contributed by atoms with Crippen LogP contribution >= 0.6 is 11.8 Å². The van der Waals surface area contributed by atoms with Crippen molar-refractivity contribution in [3.8, 4) is 0 Å². The van der Waals surface area contributed by atoms with Crippen molar-refractivity contribution in [1.29, 1.82) is 0 Å². The van der Waals surface area contributed by atoms with Gasteiger partial charge in [-0.05, 0) is 23.8 Å². The molecule has 1 aromatic heterocycles. The molecule has 0 N–H and O–H groups in total. The van der Waals surface area contributed by atoms with E-state index in [1.54, 1.807) is 30.6 Å². The molecule has 7 nitrogen and oxygen atoms in total. The van der Waals surface area contributed by atoms with Crippen LogP contribution in [0.1, 0.15) is 10.9 Å². The van der Waals surface area contributed by atoms with Crippen LogP contribution in [-0.4, -0.2) is 26.6 Å². The van der Waals surface area contributed by atoms with E-state index in [0.29, 0.717) is 11.7 Å². The maximum atomic E-state index is 12.1. The number of hydrogen-bond acceptors (Lipinski definition) is 6. The number of non-ortho nitro benzene ring substituents is 1. The number of hydrogen-bond donors (Lipinski definition) is 0. The van der Waals surface area contributed by atoms with Crippen molar-refractivity contribution in [2.75, 3.05) is 10.7 Å². The summed E-state index contributed by atoms with van der Waals surface area (Å²) in [6, 6.07) is 7.86. The molecule has 3 rings (SSSR count). The second kappa shape index (κ2) is 5.49. The number of amides is 1. The molecular weight excluding hydrogens is 292 g/mol. The number of thioether (sulfide) groups is 1. The van der Waals surface area contributed by atoms with Gasteiger partial charge in [0.05, 0.1) is 10.7 Å². The van der Waals surface area contributed by atoms with E-state index in [0.717, 1.165) is 5.56 Å². The number of carbonyl (C=O) groups excluding carboxylic acids is 1. The highest BCUT2D eigenvalue weighted by Crippen LogP contribution is 2.40. The Morgan fingerprint density at radius 3 is 2.52 bits per heavy atom. The lowest BCUT2D eigenvalue weighted by atomic mass is 10.2. The van der Waals surface area contributed by atoms with Crippen LogP contribution in [0.5, 0.6) is 0 Å². The first-order valence-electron chi connectivity index (χ1n) is 6.12. The Hall–Kier alpha value is -2.48. The molecule has 1 amide bonds. The summed E-state index contributed by atoms with van der Waals surface area (Å²) in [4.78, 5) is 32.0. The summed E-state index contributed by atoms with van der Waals surface area (Å²) in [7, 11) is 0. The standard InChI is InChI=1S/C13H10N4O3S/c18-11-8-21-12(16(11)13-14-6-1-7-15-13)9-2-4-10(5-3-9)17(19)20/h1-7,12H,8H2. The van der Waals surface area contributed by atoms with Crippen molar-refractivity contribution in [3.05, 3.63) is 58.4 Å². The van der Waals surface area contributed by atoms with Gasteiger partial charge in [-0.1, -0.05) is 0 Å². The zero-order valence-electron chi connectivity index (χ0n) is 10.7. The molecule has 1 aliphatic heterocycles. The Morgan fingerprint density at radius 1 is 1.24 bits per heavy atom. The minimum absolute atomic E-state index is 0.0237. The molecule has 2 heterocycles. The number of nitro benzene ring substituents is 1. The third-order valence-corrected chi connectivity index (χ3v) is 4.24. The van der Waals surface area contributed by atoms with Crippen molar-refractivity contribution in [3.63, 3.8) is 0 Å². The number of benzene rings is 1. The van der Waals surface area contributed by atoms with Gasteiger partial charge in [-0.15, -0.1) is 11.8 Å². The monoisotopic (exact) mass is 302 g/mol. The van der Waals surface area contributed by atoms with Crippen LogP contribution < -0.4 is 4.90 Å². The van der Waals surface area contributed by atoms with Crippen LogP contribution in [-0.2, 0) is 4.79 Å². The second-order valence-electron chi connectivity index (χ2n) is 4.32. The van der Waals surface area contributed by atoms with Gasteiger partial charge in [-0.3, -0.25) is 19.8 Å². The van der Waals surface area contributed by atoms with Crippen molar-refractivity contribution >= 4 is 29.3 Å². The first-order chi connectivity index (χ1) is 10.2. The maximum absolute atomic E-state index is 12.1. The Kier molecular flexibility index (Phi) is 3.53. The van der Waals surface area contributed by atoms with Gasteiger partial charge in [0, 0.05) is 24.5 Å². The zero-order valence-corrected chi connectivity index (χ0v) is 11.6. The number of carbonyl (C=O) groups is 1.